The second-order valence-corrected chi connectivity index (χ2v) is 22.9. The van der Waals surface area contributed by atoms with E-state index in [0.29, 0.717) is 0 Å². The van der Waals surface area contributed by atoms with Crippen LogP contribution in [0, 0.1) is 0 Å². The molecule has 0 aromatic heterocycles. The summed E-state index contributed by atoms with van der Waals surface area (Å²) in [4.78, 5) is 0. The van der Waals surface area contributed by atoms with Gasteiger partial charge < -0.3 is 0 Å². The summed E-state index contributed by atoms with van der Waals surface area (Å²) in [6.45, 7) is 4.11. The van der Waals surface area contributed by atoms with Crippen molar-refractivity contribution in [1.29, 1.82) is 0 Å². The van der Waals surface area contributed by atoms with E-state index in [4.69, 9.17) is 4.74 Å². The number of halogens is 2. The Bertz CT molecular complexity index is 333. The van der Waals surface area contributed by atoms with E-state index >= 15 is 0 Å². The van der Waals surface area contributed by atoms with Gasteiger partial charge in [0.2, 0.25) is 0 Å². The number of ether oxygens (including phenoxy) is 1. The van der Waals surface area contributed by atoms with Gasteiger partial charge in [-0.2, -0.15) is 0 Å². The SMILES string of the molecule is CC(C)Oc1ccccc1[CH]=[Ru]([I])[I]. The summed E-state index contributed by atoms with van der Waals surface area (Å²) in [7, 11) is -0.775. The summed E-state index contributed by atoms with van der Waals surface area (Å²) in [6.07, 6.45) is 0.244. The molecule has 0 amide bonds. The minimum atomic E-state index is -0.775. The average Bonchev–Trinajstić information content (AvgIpc) is 2.06. The molecular formula is C10H12I2ORu. The minimum absolute atomic E-state index is 0.244. The van der Waals surface area contributed by atoms with E-state index in [9.17, 15) is 0 Å². The topological polar surface area (TPSA) is 9.23 Å². The molecular weight excluding hydrogens is 491 g/mol. The first-order valence-corrected chi connectivity index (χ1v) is 15.5. The molecule has 14 heavy (non-hydrogen) atoms. The number of para-hydroxylation sites is 1. The van der Waals surface area contributed by atoms with Gasteiger partial charge in [-0.25, -0.2) is 0 Å². The zero-order valence-electron chi connectivity index (χ0n) is 7.98. The van der Waals surface area contributed by atoms with E-state index < -0.39 is 8.47 Å². The van der Waals surface area contributed by atoms with Gasteiger partial charge in [0.05, 0.1) is 0 Å². The molecule has 0 spiro atoms. The summed E-state index contributed by atoms with van der Waals surface area (Å²) in [6, 6.07) is 8.24. The molecule has 0 N–H and O–H groups in total. The molecule has 0 bridgehead atoms. The molecule has 0 aliphatic carbocycles. The summed E-state index contributed by atoms with van der Waals surface area (Å²) < 4.78 is 8.07. The van der Waals surface area contributed by atoms with Crippen LogP contribution >= 0.6 is 39.5 Å². The Kier molecular flexibility index (Phi) is 6.09. The molecule has 1 rings (SSSR count). The third kappa shape index (κ3) is 4.66. The van der Waals surface area contributed by atoms with Crippen LogP contribution in [0.3, 0.4) is 0 Å². The quantitative estimate of drug-likeness (QED) is 0.449. The molecule has 0 fully saturated rings. The third-order valence-electron chi connectivity index (χ3n) is 1.47. The van der Waals surface area contributed by atoms with Crippen molar-refractivity contribution in [2.45, 2.75) is 20.0 Å². The van der Waals surface area contributed by atoms with Gasteiger partial charge in [-0.3, -0.25) is 0 Å². The van der Waals surface area contributed by atoms with Crippen LogP contribution in [-0.2, 0) is 8.47 Å². The van der Waals surface area contributed by atoms with Crippen LogP contribution < -0.4 is 4.74 Å². The zero-order chi connectivity index (χ0) is 10.6. The molecule has 1 aromatic carbocycles. The second kappa shape index (κ2) is 6.53. The summed E-state index contributed by atoms with van der Waals surface area (Å²) in [5.41, 5.74) is 1.24. The fourth-order valence-electron chi connectivity index (χ4n) is 1.01. The van der Waals surface area contributed by atoms with Crippen molar-refractivity contribution >= 4 is 44.1 Å². The van der Waals surface area contributed by atoms with Gasteiger partial charge in [0.25, 0.3) is 0 Å². The third-order valence-corrected chi connectivity index (χ3v) is 4.99. The second-order valence-electron chi connectivity index (χ2n) is 3.01. The van der Waals surface area contributed by atoms with E-state index in [1.165, 1.54) is 5.56 Å². The maximum atomic E-state index is 5.73. The first-order valence-electron chi connectivity index (χ1n) is 4.18. The van der Waals surface area contributed by atoms with Crippen molar-refractivity contribution in [1.82, 2.24) is 0 Å². The molecule has 0 atom stereocenters. The van der Waals surface area contributed by atoms with Crippen molar-refractivity contribution in [2.24, 2.45) is 0 Å². The van der Waals surface area contributed by atoms with Gasteiger partial charge in [-0.05, 0) is 0 Å². The van der Waals surface area contributed by atoms with Crippen LogP contribution in [0.4, 0.5) is 0 Å². The van der Waals surface area contributed by atoms with Crippen molar-refractivity contribution in [2.75, 3.05) is 0 Å². The number of benzene rings is 1. The van der Waals surface area contributed by atoms with Crippen molar-refractivity contribution < 1.29 is 13.2 Å². The van der Waals surface area contributed by atoms with Crippen LogP contribution in [0.5, 0.6) is 5.75 Å². The van der Waals surface area contributed by atoms with Gasteiger partial charge in [0.15, 0.2) is 0 Å². The van der Waals surface area contributed by atoms with Gasteiger partial charge in [0, 0.05) is 0 Å². The van der Waals surface area contributed by atoms with Crippen LogP contribution in [-0.4, -0.2) is 10.7 Å². The van der Waals surface area contributed by atoms with Crippen LogP contribution in [0.25, 0.3) is 0 Å². The van der Waals surface area contributed by atoms with Crippen molar-refractivity contribution in [3.8, 4) is 5.75 Å². The Morgan fingerprint density at radius 1 is 1.29 bits per heavy atom. The number of hydrogen-bond donors (Lipinski definition) is 0. The molecule has 80 valence electrons. The van der Waals surface area contributed by atoms with Gasteiger partial charge >= 0.3 is 113 Å². The van der Waals surface area contributed by atoms with Crippen LogP contribution in [0.15, 0.2) is 24.3 Å². The molecule has 1 nitrogen and oxygen atoms in total. The van der Waals surface area contributed by atoms with Crippen molar-refractivity contribution in [3.05, 3.63) is 29.8 Å². The molecule has 1 aromatic rings. The Morgan fingerprint density at radius 2 is 1.93 bits per heavy atom. The van der Waals surface area contributed by atoms with E-state index in [0.717, 1.165) is 5.75 Å². The average molecular weight is 503 g/mol. The Labute approximate surface area is 111 Å². The summed E-state index contributed by atoms with van der Waals surface area (Å²) >= 11 is 5.03. The maximum absolute atomic E-state index is 5.73. The Morgan fingerprint density at radius 3 is 2.50 bits per heavy atom. The van der Waals surface area contributed by atoms with E-state index in [-0.39, 0.29) is 6.10 Å². The molecule has 0 aliphatic rings. The monoisotopic (exact) mass is 504 g/mol. The molecule has 0 saturated carbocycles. The normalized spacial score (nSPS) is 11.4. The fraction of sp³-hybridized carbons (Fsp3) is 0.300. The fourth-order valence-corrected chi connectivity index (χ4v) is 4.64. The van der Waals surface area contributed by atoms with Crippen LogP contribution in [0.1, 0.15) is 19.4 Å². The van der Waals surface area contributed by atoms with E-state index in [1.807, 2.05) is 12.1 Å². The summed E-state index contributed by atoms with van der Waals surface area (Å²) in [5.74, 6) is 1.01. The molecule has 0 radical (unpaired) electrons. The van der Waals surface area contributed by atoms with Gasteiger partial charge in [-0.15, -0.1) is 0 Å². The number of hydrogen-bond acceptors (Lipinski definition) is 1. The first kappa shape index (κ1) is 13.0. The molecule has 4 heteroatoms. The Hall–Kier alpha value is 0.973. The van der Waals surface area contributed by atoms with Gasteiger partial charge in [-0.1, -0.05) is 0 Å². The predicted molar refractivity (Wildman–Crippen MR) is 75.4 cm³/mol. The standard InChI is InChI=1S/C10H12O.2HI.Ru/c1-8(2)11-10-7-5-4-6-9(10)3;;;/h3-8H,1-2H3;2*1H;/q;;;+2/p-2. The summed E-state index contributed by atoms with van der Waals surface area (Å²) in [5, 5.41) is 0. The molecule has 0 unspecified atom stereocenters. The number of rotatable bonds is 3. The predicted octanol–water partition coefficient (Wildman–Crippen LogP) is 3.94. The Balaban J connectivity index is 2.97. The molecule has 0 saturated heterocycles. The van der Waals surface area contributed by atoms with E-state index in [1.54, 1.807) is 0 Å². The molecule has 0 aliphatic heterocycles. The van der Waals surface area contributed by atoms with Crippen molar-refractivity contribution in [3.63, 3.8) is 0 Å². The molecule has 0 heterocycles. The zero-order valence-corrected chi connectivity index (χ0v) is 14.0. The van der Waals surface area contributed by atoms with Gasteiger partial charge in [0.1, 0.15) is 0 Å². The first-order chi connectivity index (χ1) is 6.59. The van der Waals surface area contributed by atoms with Crippen LogP contribution in [0.2, 0.25) is 0 Å². The van der Waals surface area contributed by atoms with E-state index in [2.05, 4.69) is 70.1 Å².